The summed E-state index contributed by atoms with van der Waals surface area (Å²) in [5.74, 6) is -0.447. The zero-order chi connectivity index (χ0) is 17.9. The molecule has 1 atom stereocenters. The molecule has 0 aromatic heterocycles. The van der Waals surface area contributed by atoms with Gasteiger partial charge in [-0.2, -0.15) is 0 Å². The van der Waals surface area contributed by atoms with Crippen LogP contribution < -0.4 is 5.32 Å². The lowest BCUT2D eigenvalue weighted by molar-refractivity contribution is -0.145. The SMILES string of the molecule is CC(CC(=O)c1ccc(F)cc1)NC(=O)C1(N2CCOCC2)CCC1. The van der Waals surface area contributed by atoms with Crippen LogP contribution in [0, 0.1) is 5.82 Å². The summed E-state index contributed by atoms with van der Waals surface area (Å²) in [6.07, 6.45) is 2.97. The second-order valence-electron chi connectivity index (χ2n) is 6.99. The van der Waals surface area contributed by atoms with Crippen molar-refractivity contribution in [3.05, 3.63) is 35.6 Å². The lowest BCUT2D eigenvalue weighted by atomic mass is 9.74. The first-order valence-corrected chi connectivity index (χ1v) is 8.94. The number of ether oxygens (including phenoxy) is 1. The van der Waals surface area contributed by atoms with E-state index in [1.165, 1.54) is 24.3 Å². The molecule has 0 bridgehead atoms. The van der Waals surface area contributed by atoms with Crippen LogP contribution in [0.2, 0.25) is 0 Å². The Morgan fingerprint density at radius 2 is 1.88 bits per heavy atom. The minimum absolute atomic E-state index is 0.0139. The van der Waals surface area contributed by atoms with Gasteiger partial charge in [-0.3, -0.25) is 14.5 Å². The predicted molar refractivity (Wildman–Crippen MR) is 91.9 cm³/mol. The molecule has 1 heterocycles. The molecule has 1 saturated heterocycles. The van der Waals surface area contributed by atoms with Crippen LogP contribution in [0.5, 0.6) is 0 Å². The minimum atomic E-state index is -0.434. The van der Waals surface area contributed by atoms with Crippen molar-refractivity contribution in [2.45, 2.75) is 44.2 Å². The minimum Gasteiger partial charge on any atom is -0.379 e. The van der Waals surface area contributed by atoms with Crippen molar-refractivity contribution < 1.29 is 18.7 Å². The van der Waals surface area contributed by atoms with Gasteiger partial charge in [0.05, 0.1) is 13.2 Å². The Bertz CT molecular complexity index is 622. The first kappa shape index (κ1) is 18.0. The van der Waals surface area contributed by atoms with E-state index in [0.29, 0.717) is 18.8 Å². The summed E-state index contributed by atoms with van der Waals surface area (Å²) in [6.45, 7) is 4.71. The highest BCUT2D eigenvalue weighted by atomic mass is 19.1. The highest BCUT2D eigenvalue weighted by Gasteiger charge is 2.49. The van der Waals surface area contributed by atoms with Crippen LogP contribution in [0.1, 0.15) is 43.0 Å². The van der Waals surface area contributed by atoms with Crippen LogP contribution in [-0.4, -0.2) is 54.5 Å². The van der Waals surface area contributed by atoms with Gasteiger partial charge in [0.2, 0.25) is 5.91 Å². The van der Waals surface area contributed by atoms with Gasteiger partial charge in [0, 0.05) is 31.1 Å². The van der Waals surface area contributed by atoms with Gasteiger partial charge in [0.25, 0.3) is 0 Å². The number of morpholine rings is 1. The fourth-order valence-electron chi connectivity index (χ4n) is 3.63. The topological polar surface area (TPSA) is 58.6 Å². The molecule has 25 heavy (non-hydrogen) atoms. The van der Waals surface area contributed by atoms with E-state index in [9.17, 15) is 14.0 Å². The molecule has 136 valence electrons. The molecule has 2 fully saturated rings. The summed E-state index contributed by atoms with van der Waals surface area (Å²) in [5.41, 5.74) is 0.0331. The molecule has 0 spiro atoms. The molecule has 1 aliphatic heterocycles. The molecule has 5 nitrogen and oxygen atoms in total. The maximum absolute atomic E-state index is 13.0. The largest absolute Gasteiger partial charge is 0.379 e. The van der Waals surface area contributed by atoms with Gasteiger partial charge in [0.1, 0.15) is 11.4 Å². The van der Waals surface area contributed by atoms with Gasteiger partial charge in [-0.15, -0.1) is 0 Å². The van der Waals surface area contributed by atoms with Crippen LogP contribution in [0.3, 0.4) is 0 Å². The van der Waals surface area contributed by atoms with E-state index in [1.807, 2.05) is 6.92 Å². The Balaban J connectivity index is 1.57. The van der Waals surface area contributed by atoms with E-state index >= 15 is 0 Å². The van der Waals surface area contributed by atoms with E-state index < -0.39 is 5.54 Å². The standard InChI is InChI=1S/C19H25FN2O3/c1-14(13-17(23)15-3-5-16(20)6-4-15)21-18(24)19(7-2-8-19)22-9-11-25-12-10-22/h3-6,14H,2,7-13H2,1H3,(H,21,24). The molecule has 2 aliphatic rings. The van der Waals surface area contributed by atoms with Gasteiger partial charge >= 0.3 is 0 Å². The summed E-state index contributed by atoms with van der Waals surface area (Å²) in [4.78, 5) is 27.4. The van der Waals surface area contributed by atoms with Gasteiger partial charge in [0.15, 0.2) is 5.78 Å². The Morgan fingerprint density at radius 1 is 1.24 bits per heavy atom. The van der Waals surface area contributed by atoms with Gasteiger partial charge in [-0.05, 0) is 50.5 Å². The average molecular weight is 348 g/mol. The van der Waals surface area contributed by atoms with Gasteiger partial charge < -0.3 is 10.1 Å². The zero-order valence-electron chi connectivity index (χ0n) is 14.6. The van der Waals surface area contributed by atoms with Crippen molar-refractivity contribution in [1.82, 2.24) is 10.2 Å². The first-order chi connectivity index (χ1) is 12.0. The van der Waals surface area contributed by atoms with Crippen molar-refractivity contribution in [1.29, 1.82) is 0 Å². The van der Waals surface area contributed by atoms with Crippen molar-refractivity contribution in [2.75, 3.05) is 26.3 Å². The molecule has 1 saturated carbocycles. The van der Waals surface area contributed by atoms with Crippen LogP contribution >= 0.6 is 0 Å². The number of carbonyl (C=O) groups excluding carboxylic acids is 2. The van der Waals surface area contributed by atoms with Crippen molar-refractivity contribution >= 4 is 11.7 Å². The molecule has 0 radical (unpaired) electrons. The molecule has 1 N–H and O–H groups in total. The molecule has 1 aliphatic carbocycles. The highest BCUT2D eigenvalue weighted by Crippen LogP contribution is 2.38. The predicted octanol–water partition coefficient (Wildman–Crippen LogP) is 2.16. The van der Waals surface area contributed by atoms with Crippen LogP contribution in [0.15, 0.2) is 24.3 Å². The monoisotopic (exact) mass is 348 g/mol. The molecule has 1 unspecified atom stereocenters. The maximum atomic E-state index is 13.0. The third-order valence-electron chi connectivity index (χ3n) is 5.26. The van der Waals surface area contributed by atoms with E-state index in [0.717, 1.165) is 32.4 Å². The number of carbonyl (C=O) groups is 2. The summed E-state index contributed by atoms with van der Waals surface area (Å²) in [7, 11) is 0. The van der Waals surface area contributed by atoms with E-state index in [-0.39, 0.29) is 30.0 Å². The normalized spacial score (nSPS) is 21.2. The quantitative estimate of drug-likeness (QED) is 0.801. The number of benzene rings is 1. The fourth-order valence-corrected chi connectivity index (χ4v) is 3.63. The Kier molecular flexibility index (Phi) is 5.49. The summed E-state index contributed by atoms with van der Waals surface area (Å²) < 4.78 is 18.3. The number of ketones is 1. The Hall–Kier alpha value is -1.79. The molecule has 3 rings (SSSR count). The molecule has 1 aromatic carbocycles. The maximum Gasteiger partial charge on any atom is 0.240 e. The number of nitrogens with zero attached hydrogens (tertiary/aromatic N) is 1. The average Bonchev–Trinajstić information content (AvgIpc) is 2.55. The van der Waals surface area contributed by atoms with Crippen molar-refractivity contribution in [3.63, 3.8) is 0 Å². The zero-order valence-corrected chi connectivity index (χ0v) is 14.6. The molecular formula is C19H25FN2O3. The first-order valence-electron chi connectivity index (χ1n) is 8.94. The van der Waals surface area contributed by atoms with E-state index in [4.69, 9.17) is 4.74 Å². The molecule has 1 aromatic rings. The number of hydrogen-bond donors (Lipinski definition) is 1. The number of amides is 1. The summed E-state index contributed by atoms with van der Waals surface area (Å²) >= 11 is 0. The van der Waals surface area contributed by atoms with Gasteiger partial charge in [-0.1, -0.05) is 0 Å². The van der Waals surface area contributed by atoms with E-state index in [2.05, 4.69) is 10.2 Å². The Labute approximate surface area is 147 Å². The van der Waals surface area contributed by atoms with Crippen molar-refractivity contribution in [2.24, 2.45) is 0 Å². The molecule has 6 heteroatoms. The highest BCUT2D eigenvalue weighted by molar-refractivity contribution is 5.97. The third-order valence-corrected chi connectivity index (χ3v) is 5.26. The van der Waals surface area contributed by atoms with Crippen LogP contribution in [-0.2, 0) is 9.53 Å². The number of nitrogens with one attached hydrogen (secondary N) is 1. The molecule has 1 amide bonds. The second-order valence-corrected chi connectivity index (χ2v) is 6.99. The fraction of sp³-hybridized carbons (Fsp3) is 0.579. The van der Waals surface area contributed by atoms with Crippen LogP contribution in [0.4, 0.5) is 4.39 Å². The number of rotatable bonds is 6. The summed E-state index contributed by atoms with van der Waals surface area (Å²) in [5, 5.41) is 3.02. The Morgan fingerprint density at radius 3 is 2.44 bits per heavy atom. The third kappa shape index (κ3) is 3.90. The number of hydrogen-bond acceptors (Lipinski definition) is 4. The van der Waals surface area contributed by atoms with E-state index in [1.54, 1.807) is 0 Å². The second kappa shape index (κ2) is 7.62. The van der Waals surface area contributed by atoms with Gasteiger partial charge in [-0.25, -0.2) is 4.39 Å². The molecular weight excluding hydrogens is 323 g/mol. The number of Topliss-reactive ketones (excluding diaryl/α,β-unsaturated/α-hetero) is 1. The number of halogens is 1. The summed E-state index contributed by atoms with van der Waals surface area (Å²) in [6, 6.07) is 5.25. The van der Waals surface area contributed by atoms with Crippen LogP contribution in [0.25, 0.3) is 0 Å². The smallest absolute Gasteiger partial charge is 0.240 e. The lowest BCUT2D eigenvalue weighted by Gasteiger charge is -2.50. The lowest BCUT2D eigenvalue weighted by Crippen LogP contribution is -2.65. The van der Waals surface area contributed by atoms with Crippen molar-refractivity contribution in [3.8, 4) is 0 Å².